The van der Waals surface area contributed by atoms with Gasteiger partial charge in [0.25, 0.3) is 0 Å². The van der Waals surface area contributed by atoms with Crippen LogP contribution in [-0.2, 0) is 9.60 Å². The minimum absolute atomic E-state index is 0.0107. The van der Waals surface area contributed by atoms with Gasteiger partial charge in [-0.25, -0.2) is 4.98 Å². The average molecular weight is 543 g/mol. The number of aromatic nitrogens is 2. The van der Waals surface area contributed by atoms with E-state index in [1.807, 2.05) is 19.1 Å². The number of benzene rings is 3. The molecule has 3 aromatic carbocycles. The molecular weight excluding hydrogens is 500 g/mol. The van der Waals surface area contributed by atoms with E-state index in [1.54, 1.807) is 0 Å². The second-order valence-electron chi connectivity index (χ2n) is 11.2. The summed E-state index contributed by atoms with van der Waals surface area (Å²) in [4.78, 5) is 5.33. The van der Waals surface area contributed by atoms with Gasteiger partial charge in [-0.2, -0.15) is 0 Å². The Morgan fingerprint density at radius 1 is 0.923 bits per heavy atom. The topological polar surface area (TPSA) is 36.3 Å². The standard InChI is InChI=1S/C34H42N2O2S/c1-9-19-34(7,8)31-22-36(32-24(5)13-11-16-29(32)23(3)4)33(35-31)30-18-17-27(20-25(30)6)26-14-12-15-28(21-26)38-39-37-10-2/h11-18,20-23H,9-10,19H2,1-8H3. The Morgan fingerprint density at radius 2 is 1.67 bits per heavy atom. The van der Waals surface area contributed by atoms with Crippen molar-refractivity contribution in [1.82, 2.24) is 9.55 Å². The van der Waals surface area contributed by atoms with Crippen molar-refractivity contribution in [2.24, 2.45) is 0 Å². The Morgan fingerprint density at radius 3 is 2.36 bits per heavy atom. The Balaban J connectivity index is 1.83. The quantitative estimate of drug-likeness (QED) is 0.140. The first kappa shape index (κ1) is 29.0. The summed E-state index contributed by atoms with van der Waals surface area (Å²) >= 11 is 1.01. The van der Waals surface area contributed by atoms with Gasteiger partial charge in [-0.1, -0.05) is 89.6 Å². The van der Waals surface area contributed by atoms with Crippen LogP contribution in [0.4, 0.5) is 0 Å². The first-order valence-corrected chi connectivity index (χ1v) is 14.7. The minimum Gasteiger partial charge on any atom is -0.400 e. The summed E-state index contributed by atoms with van der Waals surface area (Å²) in [5, 5.41) is 0. The lowest BCUT2D eigenvalue weighted by Gasteiger charge is -2.21. The number of rotatable bonds is 11. The summed E-state index contributed by atoms with van der Waals surface area (Å²) in [6.07, 6.45) is 4.49. The molecular formula is C34H42N2O2S. The smallest absolute Gasteiger partial charge is 0.225 e. The van der Waals surface area contributed by atoms with E-state index in [9.17, 15) is 0 Å². The van der Waals surface area contributed by atoms with Gasteiger partial charge in [0.15, 0.2) is 0 Å². The summed E-state index contributed by atoms with van der Waals surface area (Å²) in [6.45, 7) is 18.3. The van der Waals surface area contributed by atoms with E-state index in [-0.39, 0.29) is 5.41 Å². The number of imidazole rings is 1. The average Bonchev–Trinajstić information content (AvgIpc) is 3.34. The first-order chi connectivity index (χ1) is 18.7. The molecule has 39 heavy (non-hydrogen) atoms. The van der Waals surface area contributed by atoms with Crippen LogP contribution in [-0.4, -0.2) is 16.2 Å². The molecule has 0 radical (unpaired) electrons. The lowest BCUT2D eigenvalue weighted by atomic mass is 9.85. The third kappa shape index (κ3) is 6.42. The lowest BCUT2D eigenvalue weighted by molar-refractivity contribution is 0.369. The largest absolute Gasteiger partial charge is 0.400 e. The lowest BCUT2D eigenvalue weighted by Crippen LogP contribution is -2.17. The van der Waals surface area contributed by atoms with Crippen LogP contribution < -0.4 is 4.18 Å². The molecule has 206 valence electrons. The molecule has 0 bridgehead atoms. The highest BCUT2D eigenvalue weighted by molar-refractivity contribution is 7.90. The van der Waals surface area contributed by atoms with Gasteiger partial charge in [0, 0.05) is 17.2 Å². The van der Waals surface area contributed by atoms with Gasteiger partial charge in [0.1, 0.15) is 11.6 Å². The van der Waals surface area contributed by atoms with Gasteiger partial charge in [-0.05, 0) is 73.1 Å². The molecule has 0 unspecified atom stereocenters. The van der Waals surface area contributed by atoms with Gasteiger partial charge < -0.3 is 4.18 Å². The van der Waals surface area contributed by atoms with Crippen LogP contribution in [0.2, 0.25) is 0 Å². The molecule has 5 heteroatoms. The maximum absolute atomic E-state index is 5.67. The predicted octanol–water partition coefficient (Wildman–Crippen LogP) is 10.0. The fourth-order valence-corrected chi connectivity index (χ4v) is 5.56. The normalized spacial score (nSPS) is 11.8. The number of para-hydroxylation sites is 1. The van der Waals surface area contributed by atoms with E-state index < -0.39 is 0 Å². The monoisotopic (exact) mass is 542 g/mol. The van der Waals surface area contributed by atoms with Crippen molar-refractivity contribution < 1.29 is 8.37 Å². The molecule has 0 saturated heterocycles. The van der Waals surface area contributed by atoms with Gasteiger partial charge in [-0.15, -0.1) is 0 Å². The van der Waals surface area contributed by atoms with Gasteiger partial charge in [-0.3, -0.25) is 8.75 Å². The van der Waals surface area contributed by atoms with Gasteiger partial charge in [0.05, 0.1) is 18.0 Å². The minimum atomic E-state index is -0.0107. The van der Waals surface area contributed by atoms with Crippen molar-refractivity contribution in [3.05, 3.63) is 89.2 Å². The summed E-state index contributed by atoms with van der Waals surface area (Å²) in [7, 11) is 0. The maximum Gasteiger partial charge on any atom is 0.225 e. The van der Waals surface area contributed by atoms with Crippen molar-refractivity contribution in [2.75, 3.05) is 6.61 Å². The fraction of sp³-hybridized carbons (Fsp3) is 0.382. The molecule has 0 aliphatic heterocycles. The molecule has 0 spiro atoms. The van der Waals surface area contributed by atoms with Crippen LogP contribution in [0.25, 0.3) is 28.2 Å². The van der Waals surface area contributed by atoms with E-state index in [1.165, 1.54) is 22.4 Å². The van der Waals surface area contributed by atoms with Crippen molar-refractivity contribution in [1.29, 1.82) is 0 Å². The number of hydrogen-bond acceptors (Lipinski definition) is 4. The molecule has 0 aliphatic carbocycles. The van der Waals surface area contributed by atoms with Crippen LogP contribution in [0.15, 0.2) is 66.9 Å². The van der Waals surface area contributed by atoms with E-state index in [2.05, 4.69) is 108 Å². The molecule has 4 rings (SSSR count). The molecule has 0 amide bonds. The first-order valence-electron chi connectivity index (χ1n) is 14.0. The van der Waals surface area contributed by atoms with Crippen LogP contribution in [0, 0.1) is 13.8 Å². The van der Waals surface area contributed by atoms with Crippen LogP contribution in [0.5, 0.6) is 5.75 Å². The molecule has 1 aromatic heterocycles. The third-order valence-electron chi connectivity index (χ3n) is 7.34. The van der Waals surface area contributed by atoms with E-state index in [0.717, 1.165) is 59.1 Å². The molecule has 0 saturated carbocycles. The Bertz CT molecular complexity index is 1420. The summed E-state index contributed by atoms with van der Waals surface area (Å²) in [5.74, 6) is 2.17. The van der Waals surface area contributed by atoms with Crippen molar-refractivity contribution in [3.63, 3.8) is 0 Å². The zero-order valence-corrected chi connectivity index (χ0v) is 25.5. The highest BCUT2D eigenvalue weighted by Crippen LogP contribution is 2.37. The summed E-state index contributed by atoms with van der Waals surface area (Å²) < 4.78 is 13.3. The molecule has 0 fully saturated rings. The Hall–Kier alpha value is -3.02. The molecule has 4 aromatic rings. The van der Waals surface area contributed by atoms with Gasteiger partial charge >= 0.3 is 0 Å². The van der Waals surface area contributed by atoms with Crippen molar-refractivity contribution in [3.8, 4) is 34.0 Å². The highest BCUT2D eigenvalue weighted by atomic mass is 32.2. The van der Waals surface area contributed by atoms with Crippen molar-refractivity contribution >= 4 is 12.3 Å². The Labute approximate surface area is 239 Å². The highest BCUT2D eigenvalue weighted by Gasteiger charge is 2.27. The molecule has 1 heterocycles. The fourth-order valence-electron chi connectivity index (χ4n) is 5.23. The summed E-state index contributed by atoms with van der Waals surface area (Å²) in [5.41, 5.74) is 9.55. The Kier molecular flexibility index (Phi) is 9.24. The predicted molar refractivity (Wildman–Crippen MR) is 166 cm³/mol. The summed E-state index contributed by atoms with van der Waals surface area (Å²) in [6, 6.07) is 21.4. The zero-order chi connectivity index (χ0) is 28.2. The van der Waals surface area contributed by atoms with Crippen LogP contribution in [0.1, 0.15) is 82.7 Å². The molecule has 0 aliphatic rings. The SMILES string of the molecule is CCCC(C)(C)c1cn(-c2c(C)cccc2C(C)C)c(-c2ccc(-c3cccc(OSOCC)c3)cc2C)n1. The van der Waals surface area contributed by atoms with Crippen LogP contribution >= 0.6 is 12.3 Å². The number of nitrogens with zero attached hydrogens (tertiary/aromatic N) is 2. The van der Waals surface area contributed by atoms with Gasteiger partial charge in [0.2, 0.25) is 12.3 Å². The van der Waals surface area contributed by atoms with Crippen LogP contribution in [0.3, 0.4) is 0 Å². The molecule has 4 nitrogen and oxygen atoms in total. The second kappa shape index (κ2) is 12.4. The number of hydrogen-bond donors (Lipinski definition) is 0. The molecule has 0 atom stereocenters. The zero-order valence-electron chi connectivity index (χ0n) is 24.7. The number of aryl methyl sites for hydroxylation is 2. The van der Waals surface area contributed by atoms with E-state index in [0.29, 0.717) is 12.5 Å². The molecule has 0 N–H and O–H groups in total. The van der Waals surface area contributed by atoms with E-state index >= 15 is 0 Å². The third-order valence-corrected chi connectivity index (χ3v) is 7.93. The van der Waals surface area contributed by atoms with E-state index in [4.69, 9.17) is 13.4 Å². The van der Waals surface area contributed by atoms with Crippen molar-refractivity contribution in [2.45, 2.75) is 79.6 Å². The second-order valence-corrected chi connectivity index (χ2v) is 11.8. The maximum atomic E-state index is 5.67.